The highest BCUT2D eigenvalue weighted by Crippen LogP contribution is 2.49. The van der Waals surface area contributed by atoms with Gasteiger partial charge in [0.25, 0.3) is 0 Å². The summed E-state index contributed by atoms with van der Waals surface area (Å²) in [4.78, 5) is 14.3. The van der Waals surface area contributed by atoms with Gasteiger partial charge in [-0.15, -0.1) is 0 Å². The zero-order chi connectivity index (χ0) is 26.6. The first-order chi connectivity index (χ1) is 19.2. The molecule has 0 saturated carbocycles. The van der Waals surface area contributed by atoms with Gasteiger partial charge in [-0.1, -0.05) is 115 Å². The zero-order valence-electron chi connectivity index (χ0n) is 21.1. The molecule has 184 valence electrons. The number of hydrogen-bond acceptors (Lipinski definition) is 2. The summed E-state index contributed by atoms with van der Waals surface area (Å²) < 4.78 is 0. The normalized spacial score (nSPS) is 12.9. The van der Waals surface area contributed by atoms with Crippen molar-refractivity contribution in [3.8, 4) is 17.6 Å². The molecule has 5 aromatic carbocycles. The Balaban J connectivity index is 1.53. The predicted octanol–water partition coefficient (Wildman–Crippen LogP) is 7.90. The fraction of sp³-hybridized carbons (Fsp3) is 0. The van der Waals surface area contributed by atoms with Crippen LogP contribution in [0.25, 0.3) is 22.3 Å². The van der Waals surface area contributed by atoms with Crippen molar-refractivity contribution in [3.63, 3.8) is 0 Å². The molecule has 0 aliphatic heterocycles. The van der Waals surface area contributed by atoms with Gasteiger partial charge in [-0.25, -0.2) is 0 Å². The molecule has 5 aromatic rings. The molecule has 0 atom stereocenters. The Labute approximate surface area is 228 Å². The molecule has 1 aliphatic rings. The molecular formula is C37H24O2. The van der Waals surface area contributed by atoms with Crippen LogP contribution in [0.4, 0.5) is 0 Å². The Hall–Kier alpha value is -5.39. The first-order valence-corrected chi connectivity index (χ1v) is 12.8. The van der Waals surface area contributed by atoms with E-state index in [0.29, 0.717) is 11.1 Å². The third-order valence-electron chi connectivity index (χ3n) is 6.78. The van der Waals surface area contributed by atoms with E-state index < -0.39 is 0 Å². The average molecular weight is 501 g/mol. The second-order valence-electron chi connectivity index (χ2n) is 9.30. The molecule has 0 unspecified atom stereocenters. The monoisotopic (exact) mass is 500 g/mol. The largest absolute Gasteiger partial charge is 0.508 e. The highest BCUT2D eigenvalue weighted by molar-refractivity contribution is 6.59. The van der Waals surface area contributed by atoms with Crippen molar-refractivity contribution in [1.82, 2.24) is 0 Å². The van der Waals surface area contributed by atoms with E-state index >= 15 is 0 Å². The van der Waals surface area contributed by atoms with Crippen molar-refractivity contribution < 1.29 is 9.90 Å². The van der Waals surface area contributed by atoms with Crippen molar-refractivity contribution >= 4 is 28.1 Å². The molecule has 0 saturated heterocycles. The van der Waals surface area contributed by atoms with Crippen LogP contribution in [-0.4, -0.2) is 10.9 Å². The molecule has 0 radical (unpaired) electrons. The minimum atomic E-state index is 0.0254. The predicted molar refractivity (Wildman–Crippen MR) is 158 cm³/mol. The Kier molecular flexibility index (Phi) is 6.48. The van der Waals surface area contributed by atoms with Crippen molar-refractivity contribution in [2.75, 3.05) is 0 Å². The van der Waals surface area contributed by atoms with Gasteiger partial charge >= 0.3 is 0 Å². The summed E-state index contributed by atoms with van der Waals surface area (Å²) in [5.41, 5.74) is 8.74. The summed E-state index contributed by atoms with van der Waals surface area (Å²) in [6.07, 6.45) is 0. The second kappa shape index (κ2) is 10.5. The van der Waals surface area contributed by atoms with Crippen LogP contribution in [0.5, 0.6) is 5.75 Å². The minimum Gasteiger partial charge on any atom is -0.508 e. The van der Waals surface area contributed by atoms with Crippen molar-refractivity contribution in [2.24, 2.45) is 0 Å². The molecule has 39 heavy (non-hydrogen) atoms. The first-order valence-electron chi connectivity index (χ1n) is 12.8. The number of benzene rings is 5. The van der Waals surface area contributed by atoms with E-state index in [1.807, 2.05) is 103 Å². The Morgan fingerprint density at radius 3 is 1.13 bits per heavy atom. The van der Waals surface area contributed by atoms with E-state index in [0.717, 1.165) is 44.5 Å². The van der Waals surface area contributed by atoms with Gasteiger partial charge in [0.15, 0.2) is 5.78 Å². The van der Waals surface area contributed by atoms with Crippen LogP contribution in [0.1, 0.15) is 33.4 Å². The molecule has 0 bridgehead atoms. The number of hydrogen-bond donors (Lipinski definition) is 1. The molecule has 2 heteroatoms. The fourth-order valence-electron chi connectivity index (χ4n) is 4.95. The maximum absolute atomic E-state index is 14.3. The first kappa shape index (κ1) is 24.0. The number of carbonyl (C=O) groups is 1. The van der Waals surface area contributed by atoms with E-state index in [1.165, 1.54) is 0 Å². The van der Waals surface area contributed by atoms with Crippen LogP contribution >= 0.6 is 0 Å². The molecule has 1 aliphatic carbocycles. The van der Waals surface area contributed by atoms with E-state index in [2.05, 4.69) is 24.0 Å². The number of phenols is 1. The lowest BCUT2D eigenvalue weighted by molar-refractivity contribution is -0.108. The lowest BCUT2D eigenvalue weighted by Gasteiger charge is -2.14. The number of aromatic hydroxyl groups is 1. The smallest absolute Gasteiger partial charge is 0.195 e. The molecule has 0 spiro atoms. The number of phenolic OH excluding ortho intramolecular Hbond substituents is 1. The SMILES string of the molecule is O=C1C(c2ccccc2)=C(c2ccccc2)C(c2ccc(C#Cc3ccc(O)cc3)cc2)=C1c1ccccc1. The summed E-state index contributed by atoms with van der Waals surface area (Å²) in [5, 5.41) is 9.51. The van der Waals surface area contributed by atoms with Crippen molar-refractivity contribution in [3.05, 3.63) is 173 Å². The van der Waals surface area contributed by atoms with Gasteiger partial charge in [-0.05, 0) is 58.7 Å². The Morgan fingerprint density at radius 2 is 0.718 bits per heavy atom. The van der Waals surface area contributed by atoms with Gasteiger partial charge in [0.05, 0.1) is 0 Å². The number of allylic oxidation sites excluding steroid dienone is 4. The maximum atomic E-state index is 14.3. The summed E-state index contributed by atoms with van der Waals surface area (Å²) in [7, 11) is 0. The van der Waals surface area contributed by atoms with E-state index in [4.69, 9.17) is 0 Å². The summed E-state index contributed by atoms with van der Waals surface area (Å²) in [6.45, 7) is 0. The standard InChI is InChI=1S/C37H24O2/c38-32-24-20-27(21-25-32)17-16-26-18-22-31(23-19-26)34-33(28-10-4-1-5-11-28)35(29-12-6-2-7-13-29)37(39)36(34)30-14-8-3-9-15-30/h1-15,18-25,38H. The van der Waals surface area contributed by atoms with Gasteiger partial charge < -0.3 is 5.11 Å². The number of ketones is 1. The van der Waals surface area contributed by atoms with Crippen molar-refractivity contribution in [1.29, 1.82) is 0 Å². The van der Waals surface area contributed by atoms with Crippen LogP contribution < -0.4 is 0 Å². The Morgan fingerprint density at radius 1 is 0.385 bits per heavy atom. The zero-order valence-corrected chi connectivity index (χ0v) is 21.1. The quantitative estimate of drug-likeness (QED) is 0.255. The number of rotatable bonds is 4. The highest BCUT2D eigenvalue weighted by Gasteiger charge is 2.35. The highest BCUT2D eigenvalue weighted by atomic mass is 16.3. The molecule has 0 aromatic heterocycles. The number of carbonyl (C=O) groups excluding carboxylic acids is 1. The molecule has 2 nitrogen and oxygen atoms in total. The number of Topliss-reactive ketones (excluding diaryl/α,β-unsaturated/α-hetero) is 1. The van der Waals surface area contributed by atoms with Gasteiger partial charge in [-0.3, -0.25) is 4.79 Å². The summed E-state index contributed by atoms with van der Waals surface area (Å²) in [5.74, 6) is 6.59. The maximum Gasteiger partial charge on any atom is 0.195 e. The minimum absolute atomic E-state index is 0.0254. The Bertz CT molecular complexity index is 1770. The third kappa shape index (κ3) is 4.82. The van der Waals surface area contributed by atoms with Crippen LogP contribution in [0.2, 0.25) is 0 Å². The van der Waals surface area contributed by atoms with Gasteiger partial charge in [0.1, 0.15) is 5.75 Å². The van der Waals surface area contributed by atoms with Gasteiger partial charge in [0, 0.05) is 33.4 Å². The molecule has 6 rings (SSSR count). The second-order valence-corrected chi connectivity index (χ2v) is 9.30. The van der Waals surface area contributed by atoms with E-state index in [-0.39, 0.29) is 11.5 Å². The lowest BCUT2D eigenvalue weighted by Crippen LogP contribution is -2.01. The van der Waals surface area contributed by atoms with Gasteiger partial charge in [-0.2, -0.15) is 0 Å². The van der Waals surface area contributed by atoms with Crippen LogP contribution in [0.15, 0.2) is 140 Å². The molecule has 0 heterocycles. The van der Waals surface area contributed by atoms with E-state index in [9.17, 15) is 9.90 Å². The van der Waals surface area contributed by atoms with Crippen LogP contribution in [0, 0.1) is 11.8 Å². The molecule has 1 N–H and O–H groups in total. The topological polar surface area (TPSA) is 37.3 Å². The lowest BCUT2D eigenvalue weighted by atomic mass is 9.89. The van der Waals surface area contributed by atoms with Crippen molar-refractivity contribution in [2.45, 2.75) is 0 Å². The molecule has 0 amide bonds. The van der Waals surface area contributed by atoms with E-state index in [1.54, 1.807) is 24.3 Å². The fourth-order valence-corrected chi connectivity index (χ4v) is 4.95. The molecular weight excluding hydrogens is 476 g/mol. The summed E-state index contributed by atoms with van der Waals surface area (Å²) >= 11 is 0. The average Bonchev–Trinajstić information content (AvgIpc) is 3.31. The van der Waals surface area contributed by atoms with Crippen LogP contribution in [0.3, 0.4) is 0 Å². The third-order valence-corrected chi connectivity index (χ3v) is 6.78. The summed E-state index contributed by atoms with van der Waals surface area (Å²) in [6, 6.07) is 44.9. The van der Waals surface area contributed by atoms with Gasteiger partial charge in [0.2, 0.25) is 0 Å². The van der Waals surface area contributed by atoms with Crippen LogP contribution in [-0.2, 0) is 4.79 Å². The molecule has 0 fully saturated rings.